The maximum Gasteiger partial charge on any atom is 0.308 e. The maximum absolute atomic E-state index is 12.1. The van der Waals surface area contributed by atoms with Crippen LogP contribution in [0.25, 0.3) is 0 Å². The van der Waals surface area contributed by atoms with Gasteiger partial charge in [-0.05, 0) is 44.2 Å². The van der Waals surface area contributed by atoms with Crippen LogP contribution in [0.15, 0.2) is 10.9 Å². The summed E-state index contributed by atoms with van der Waals surface area (Å²) in [5, 5.41) is 8.81. The molecule has 0 aliphatic heterocycles. The van der Waals surface area contributed by atoms with Crippen LogP contribution in [0.5, 0.6) is 0 Å². The van der Waals surface area contributed by atoms with Crippen LogP contribution < -0.4 is 5.56 Å². The van der Waals surface area contributed by atoms with E-state index in [0.717, 1.165) is 36.9 Å². The van der Waals surface area contributed by atoms with E-state index in [2.05, 4.69) is 0 Å². The van der Waals surface area contributed by atoms with Gasteiger partial charge in [-0.3, -0.25) is 9.59 Å². The molecule has 4 heteroatoms. The molecule has 1 heterocycles. The molecule has 0 bridgehead atoms. The van der Waals surface area contributed by atoms with Gasteiger partial charge in [-0.15, -0.1) is 0 Å². The van der Waals surface area contributed by atoms with E-state index in [9.17, 15) is 9.59 Å². The SMILES string of the molecule is CCn1c2c(cc(CC(=O)O)c1=O)CCCC2. The number of rotatable bonds is 3. The van der Waals surface area contributed by atoms with Gasteiger partial charge in [-0.2, -0.15) is 0 Å². The Kier molecular flexibility index (Phi) is 3.31. The number of hydrogen-bond acceptors (Lipinski definition) is 2. The third-order valence-electron chi connectivity index (χ3n) is 3.33. The topological polar surface area (TPSA) is 59.3 Å². The lowest BCUT2D eigenvalue weighted by atomic mass is 9.94. The average Bonchev–Trinajstić information content (AvgIpc) is 2.30. The number of carbonyl (C=O) groups is 1. The zero-order valence-corrected chi connectivity index (χ0v) is 10.0. The molecule has 0 saturated carbocycles. The molecule has 0 atom stereocenters. The summed E-state index contributed by atoms with van der Waals surface area (Å²) in [7, 11) is 0. The first-order valence-corrected chi connectivity index (χ1v) is 6.09. The summed E-state index contributed by atoms with van der Waals surface area (Å²) >= 11 is 0. The number of nitrogens with zero attached hydrogens (tertiary/aromatic N) is 1. The Morgan fingerprint density at radius 3 is 2.76 bits per heavy atom. The highest BCUT2D eigenvalue weighted by Gasteiger charge is 2.17. The minimum Gasteiger partial charge on any atom is -0.481 e. The average molecular weight is 235 g/mol. The highest BCUT2D eigenvalue weighted by atomic mass is 16.4. The summed E-state index contributed by atoms with van der Waals surface area (Å²) in [6.45, 7) is 2.55. The Bertz CT molecular complexity index is 502. The minimum absolute atomic E-state index is 0.129. The van der Waals surface area contributed by atoms with Gasteiger partial charge >= 0.3 is 5.97 Å². The molecule has 4 nitrogen and oxygen atoms in total. The van der Waals surface area contributed by atoms with Crippen molar-refractivity contribution >= 4 is 5.97 Å². The Morgan fingerprint density at radius 2 is 2.12 bits per heavy atom. The zero-order valence-electron chi connectivity index (χ0n) is 10.0. The van der Waals surface area contributed by atoms with E-state index >= 15 is 0 Å². The molecule has 2 rings (SSSR count). The predicted octanol–water partition coefficient (Wildman–Crippen LogP) is 1.37. The Balaban J connectivity index is 2.56. The highest BCUT2D eigenvalue weighted by Crippen LogP contribution is 2.20. The lowest BCUT2D eigenvalue weighted by molar-refractivity contribution is -0.136. The van der Waals surface area contributed by atoms with Crippen molar-refractivity contribution in [1.29, 1.82) is 0 Å². The van der Waals surface area contributed by atoms with Crippen molar-refractivity contribution in [1.82, 2.24) is 4.57 Å². The van der Waals surface area contributed by atoms with Crippen LogP contribution in [0.1, 0.15) is 36.6 Å². The van der Waals surface area contributed by atoms with Crippen LogP contribution in [0, 0.1) is 0 Å². The normalized spacial score (nSPS) is 14.4. The maximum atomic E-state index is 12.1. The van der Waals surface area contributed by atoms with Gasteiger partial charge in [0.25, 0.3) is 5.56 Å². The van der Waals surface area contributed by atoms with Crippen molar-refractivity contribution in [3.05, 3.63) is 33.2 Å². The van der Waals surface area contributed by atoms with E-state index in [4.69, 9.17) is 5.11 Å². The van der Waals surface area contributed by atoms with Crippen LogP contribution in [0.3, 0.4) is 0 Å². The number of carboxylic acid groups (broad SMARTS) is 1. The number of fused-ring (bicyclic) bond motifs is 1. The summed E-state index contributed by atoms with van der Waals surface area (Å²) in [6.07, 6.45) is 3.96. The molecule has 0 aromatic carbocycles. The third-order valence-corrected chi connectivity index (χ3v) is 3.33. The van der Waals surface area contributed by atoms with Crippen LogP contribution in [-0.4, -0.2) is 15.6 Å². The van der Waals surface area contributed by atoms with Crippen molar-refractivity contribution < 1.29 is 9.90 Å². The van der Waals surface area contributed by atoms with Crippen LogP contribution >= 0.6 is 0 Å². The smallest absolute Gasteiger partial charge is 0.308 e. The van der Waals surface area contributed by atoms with E-state index in [1.165, 1.54) is 0 Å². The van der Waals surface area contributed by atoms with E-state index in [1.54, 1.807) is 10.6 Å². The van der Waals surface area contributed by atoms with Crippen molar-refractivity contribution in [2.24, 2.45) is 0 Å². The Labute approximate surface area is 99.9 Å². The summed E-state index contributed by atoms with van der Waals surface area (Å²) in [5.41, 5.74) is 2.56. The molecule has 92 valence electrons. The fourth-order valence-corrected chi connectivity index (χ4v) is 2.57. The number of pyridine rings is 1. The second-order valence-corrected chi connectivity index (χ2v) is 4.47. The summed E-state index contributed by atoms with van der Waals surface area (Å²) in [5.74, 6) is -0.944. The lowest BCUT2D eigenvalue weighted by Gasteiger charge is -2.21. The molecular weight excluding hydrogens is 218 g/mol. The lowest BCUT2D eigenvalue weighted by Crippen LogP contribution is -2.30. The summed E-state index contributed by atoms with van der Waals surface area (Å²) < 4.78 is 1.74. The van der Waals surface area contributed by atoms with Crippen molar-refractivity contribution in [2.45, 2.75) is 45.6 Å². The molecule has 0 unspecified atom stereocenters. The van der Waals surface area contributed by atoms with E-state index in [-0.39, 0.29) is 12.0 Å². The van der Waals surface area contributed by atoms with Gasteiger partial charge in [0.1, 0.15) is 0 Å². The van der Waals surface area contributed by atoms with Gasteiger partial charge in [0.2, 0.25) is 0 Å². The molecule has 0 spiro atoms. The van der Waals surface area contributed by atoms with Crippen LogP contribution in [0.2, 0.25) is 0 Å². The quantitative estimate of drug-likeness (QED) is 0.860. The van der Waals surface area contributed by atoms with E-state index in [0.29, 0.717) is 12.1 Å². The molecule has 1 aromatic rings. The van der Waals surface area contributed by atoms with Crippen molar-refractivity contribution in [3.8, 4) is 0 Å². The molecule has 1 aliphatic rings. The Morgan fingerprint density at radius 1 is 1.41 bits per heavy atom. The summed E-state index contributed by atoms with van der Waals surface area (Å²) in [6, 6.07) is 1.80. The third kappa shape index (κ3) is 2.25. The summed E-state index contributed by atoms with van der Waals surface area (Å²) in [4.78, 5) is 22.8. The van der Waals surface area contributed by atoms with Gasteiger partial charge in [0.15, 0.2) is 0 Å². The molecule has 1 aromatic heterocycles. The van der Waals surface area contributed by atoms with Crippen molar-refractivity contribution in [3.63, 3.8) is 0 Å². The molecule has 0 fully saturated rings. The number of aromatic nitrogens is 1. The molecule has 1 aliphatic carbocycles. The van der Waals surface area contributed by atoms with Crippen molar-refractivity contribution in [2.75, 3.05) is 0 Å². The van der Waals surface area contributed by atoms with Crippen LogP contribution in [-0.2, 0) is 30.6 Å². The molecule has 0 radical (unpaired) electrons. The molecule has 1 N–H and O–H groups in total. The van der Waals surface area contributed by atoms with Gasteiger partial charge in [-0.1, -0.05) is 0 Å². The first-order chi connectivity index (χ1) is 8.13. The largest absolute Gasteiger partial charge is 0.481 e. The number of aliphatic carboxylic acids is 1. The standard InChI is InChI=1S/C13H17NO3/c1-2-14-11-6-4-3-5-9(11)7-10(13(14)17)8-12(15)16/h7H,2-6,8H2,1H3,(H,15,16). The monoisotopic (exact) mass is 235 g/mol. The second kappa shape index (κ2) is 4.73. The highest BCUT2D eigenvalue weighted by molar-refractivity contribution is 5.70. The number of aryl methyl sites for hydroxylation is 1. The molecular formula is C13H17NO3. The number of hydrogen-bond donors (Lipinski definition) is 1. The second-order valence-electron chi connectivity index (χ2n) is 4.47. The predicted molar refractivity (Wildman–Crippen MR) is 64.4 cm³/mol. The number of carboxylic acids is 1. The fourth-order valence-electron chi connectivity index (χ4n) is 2.57. The Hall–Kier alpha value is -1.58. The van der Waals surface area contributed by atoms with E-state index in [1.807, 2.05) is 6.92 Å². The molecule has 17 heavy (non-hydrogen) atoms. The van der Waals surface area contributed by atoms with Gasteiger partial charge in [0.05, 0.1) is 6.42 Å². The van der Waals surface area contributed by atoms with Crippen LogP contribution in [0.4, 0.5) is 0 Å². The minimum atomic E-state index is -0.944. The zero-order chi connectivity index (χ0) is 12.4. The van der Waals surface area contributed by atoms with Gasteiger partial charge < -0.3 is 9.67 Å². The molecule has 0 saturated heterocycles. The fraction of sp³-hybridized carbons (Fsp3) is 0.538. The molecule has 0 amide bonds. The van der Waals surface area contributed by atoms with E-state index < -0.39 is 5.97 Å². The first kappa shape index (κ1) is 11.9. The van der Waals surface area contributed by atoms with Gasteiger partial charge in [0, 0.05) is 17.8 Å². The first-order valence-electron chi connectivity index (χ1n) is 6.09. The van der Waals surface area contributed by atoms with Gasteiger partial charge in [-0.25, -0.2) is 0 Å².